The van der Waals surface area contributed by atoms with Crippen LogP contribution in [0.15, 0.2) is 24.4 Å². The number of nitrogens with zero attached hydrogens (tertiary/aromatic N) is 1. The zero-order chi connectivity index (χ0) is 13.1. The Balaban J connectivity index is 2.23. The van der Waals surface area contributed by atoms with Gasteiger partial charge in [0.2, 0.25) is 0 Å². The summed E-state index contributed by atoms with van der Waals surface area (Å²) in [6.07, 6.45) is 1.95. The number of H-pyrrole nitrogens is 1. The van der Waals surface area contributed by atoms with Crippen molar-refractivity contribution in [2.75, 3.05) is 0 Å². The number of aromatic nitrogens is 2. The van der Waals surface area contributed by atoms with Gasteiger partial charge in [0, 0.05) is 16.9 Å². The van der Waals surface area contributed by atoms with Crippen molar-refractivity contribution in [2.24, 2.45) is 0 Å². The Morgan fingerprint density at radius 2 is 2.22 bits per heavy atom. The summed E-state index contributed by atoms with van der Waals surface area (Å²) in [7, 11) is 0. The van der Waals surface area contributed by atoms with Crippen LogP contribution in [-0.4, -0.2) is 26.2 Å². The third-order valence-corrected chi connectivity index (χ3v) is 2.69. The highest BCUT2D eigenvalue weighted by atomic mass is 35.5. The quantitative estimate of drug-likeness (QED) is 0.793. The normalized spacial score (nSPS) is 10.5. The van der Waals surface area contributed by atoms with Crippen LogP contribution in [-0.2, 0) is 11.2 Å². The first kappa shape index (κ1) is 12.4. The topological polar surface area (TPSA) is 86.2 Å². The van der Waals surface area contributed by atoms with Crippen LogP contribution < -0.4 is 0 Å². The first-order valence-corrected chi connectivity index (χ1v) is 5.68. The van der Waals surface area contributed by atoms with E-state index in [1.54, 1.807) is 18.3 Å². The number of aliphatic carboxylic acids is 1. The van der Waals surface area contributed by atoms with Gasteiger partial charge in [0.1, 0.15) is 11.6 Å². The number of benzene rings is 1. The maximum Gasteiger partial charge on any atom is 0.303 e. The second-order valence-corrected chi connectivity index (χ2v) is 4.25. The van der Waals surface area contributed by atoms with E-state index >= 15 is 0 Å². The van der Waals surface area contributed by atoms with Crippen LogP contribution in [0.25, 0.3) is 11.4 Å². The van der Waals surface area contributed by atoms with E-state index in [4.69, 9.17) is 16.7 Å². The van der Waals surface area contributed by atoms with Crippen LogP contribution in [0, 0.1) is 0 Å². The van der Waals surface area contributed by atoms with E-state index in [0.29, 0.717) is 28.5 Å². The van der Waals surface area contributed by atoms with Gasteiger partial charge in [-0.05, 0) is 24.6 Å². The fourth-order valence-electron chi connectivity index (χ4n) is 1.56. The molecule has 2 rings (SSSR count). The lowest BCUT2D eigenvalue weighted by atomic mass is 10.2. The molecule has 18 heavy (non-hydrogen) atoms. The van der Waals surface area contributed by atoms with Crippen molar-refractivity contribution < 1.29 is 15.0 Å². The predicted octanol–water partition coefficient (Wildman–Crippen LogP) is 2.45. The van der Waals surface area contributed by atoms with Gasteiger partial charge in [-0.1, -0.05) is 11.6 Å². The van der Waals surface area contributed by atoms with Crippen molar-refractivity contribution in [1.82, 2.24) is 9.97 Å². The van der Waals surface area contributed by atoms with Gasteiger partial charge in [0.15, 0.2) is 0 Å². The molecule has 0 saturated carbocycles. The summed E-state index contributed by atoms with van der Waals surface area (Å²) in [6, 6.07) is 4.66. The monoisotopic (exact) mass is 266 g/mol. The smallest absolute Gasteiger partial charge is 0.303 e. The van der Waals surface area contributed by atoms with E-state index in [1.165, 1.54) is 6.07 Å². The summed E-state index contributed by atoms with van der Waals surface area (Å²) < 4.78 is 0. The zero-order valence-electron chi connectivity index (χ0n) is 9.35. The van der Waals surface area contributed by atoms with Crippen molar-refractivity contribution in [2.45, 2.75) is 12.8 Å². The molecule has 1 heterocycles. The second kappa shape index (κ2) is 5.10. The standard InChI is InChI=1S/C12H11ClN2O3/c13-7-1-3-10(16)9(5-7)12-14-6-8(15-12)2-4-11(17)18/h1,3,5-6,16H,2,4H2,(H,14,15)(H,17,18). The van der Waals surface area contributed by atoms with E-state index in [1.807, 2.05) is 0 Å². The molecule has 0 unspecified atom stereocenters. The van der Waals surface area contributed by atoms with Crippen molar-refractivity contribution in [3.05, 3.63) is 35.1 Å². The Kier molecular flexibility index (Phi) is 3.53. The highest BCUT2D eigenvalue weighted by Crippen LogP contribution is 2.29. The van der Waals surface area contributed by atoms with Gasteiger partial charge in [-0.3, -0.25) is 4.79 Å². The molecule has 0 fully saturated rings. The highest BCUT2D eigenvalue weighted by Gasteiger charge is 2.09. The molecule has 6 heteroatoms. The van der Waals surface area contributed by atoms with Gasteiger partial charge in [0.25, 0.3) is 0 Å². The van der Waals surface area contributed by atoms with Crippen LogP contribution in [0.1, 0.15) is 12.1 Å². The van der Waals surface area contributed by atoms with Crippen molar-refractivity contribution in [3.8, 4) is 17.1 Å². The molecular weight excluding hydrogens is 256 g/mol. The molecule has 0 spiro atoms. The molecule has 94 valence electrons. The number of aryl methyl sites for hydroxylation is 1. The van der Waals surface area contributed by atoms with Crippen molar-refractivity contribution in [1.29, 1.82) is 0 Å². The number of halogens is 1. The Bertz CT molecular complexity index is 580. The molecule has 3 N–H and O–H groups in total. The molecule has 0 amide bonds. The minimum Gasteiger partial charge on any atom is -0.507 e. The number of phenols is 1. The summed E-state index contributed by atoms with van der Waals surface area (Å²) in [4.78, 5) is 17.5. The van der Waals surface area contributed by atoms with Crippen LogP contribution >= 0.6 is 11.6 Å². The molecule has 0 radical (unpaired) electrons. The first-order chi connectivity index (χ1) is 8.56. The summed E-state index contributed by atoms with van der Waals surface area (Å²) in [5.41, 5.74) is 1.19. The highest BCUT2D eigenvalue weighted by molar-refractivity contribution is 6.30. The van der Waals surface area contributed by atoms with Crippen LogP contribution in [0.4, 0.5) is 0 Å². The molecule has 0 aliphatic carbocycles. The number of phenolic OH excluding ortho intramolecular Hbond substituents is 1. The molecule has 2 aromatic rings. The Hall–Kier alpha value is -2.01. The molecular formula is C12H11ClN2O3. The number of hydrogen-bond donors (Lipinski definition) is 3. The minimum absolute atomic E-state index is 0.0309. The van der Waals surface area contributed by atoms with E-state index in [0.717, 1.165) is 0 Å². The average Bonchev–Trinajstić information content (AvgIpc) is 2.78. The lowest BCUT2D eigenvalue weighted by Crippen LogP contribution is -1.97. The Morgan fingerprint density at radius 1 is 1.44 bits per heavy atom. The number of carbonyl (C=O) groups is 1. The zero-order valence-corrected chi connectivity index (χ0v) is 10.1. The van der Waals surface area contributed by atoms with E-state index in [2.05, 4.69) is 9.97 Å². The summed E-state index contributed by atoms with van der Waals surface area (Å²) >= 11 is 5.85. The third-order valence-electron chi connectivity index (χ3n) is 2.45. The second-order valence-electron chi connectivity index (χ2n) is 3.81. The lowest BCUT2D eigenvalue weighted by molar-refractivity contribution is -0.136. The molecule has 1 aromatic heterocycles. The van der Waals surface area contributed by atoms with Crippen LogP contribution in [0.2, 0.25) is 5.02 Å². The Labute approximate surface area is 108 Å². The molecule has 0 bridgehead atoms. The predicted molar refractivity (Wildman–Crippen MR) is 66.7 cm³/mol. The van der Waals surface area contributed by atoms with E-state index in [-0.39, 0.29) is 12.2 Å². The van der Waals surface area contributed by atoms with Crippen LogP contribution in [0.5, 0.6) is 5.75 Å². The number of hydrogen-bond acceptors (Lipinski definition) is 3. The number of aromatic hydroxyl groups is 1. The van der Waals surface area contributed by atoms with Crippen molar-refractivity contribution >= 4 is 17.6 Å². The number of rotatable bonds is 4. The Morgan fingerprint density at radius 3 is 2.94 bits per heavy atom. The number of carboxylic acid groups (broad SMARTS) is 1. The largest absolute Gasteiger partial charge is 0.507 e. The van der Waals surface area contributed by atoms with E-state index < -0.39 is 5.97 Å². The number of aromatic amines is 1. The molecule has 1 aromatic carbocycles. The molecule has 0 atom stereocenters. The van der Waals surface area contributed by atoms with Gasteiger partial charge in [-0.15, -0.1) is 0 Å². The average molecular weight is 267 g/mol. The van der Waals surface area contributed by atoms with Crippen LogP contribution in [0.3, 0.4) is 0 Å². The first-order valence-electron chi connectivity index (χ1n) is 5.31. The SMILES string of the molecule is O=C(O)CCc1cnc(-c2cc(Cl)ccc2O)[nH]1. The number of carboxylic acids is 1. The van der Waals surface area contributed by atoms with Gasteiger partial charge in [0.05, 0.1) is 12.0 Å². The number of imidazole rings is 1. The third kappa shape index (κ3) is 2.81. The molecule has 0 aliphatic heterocycles. The summed E-state index contributed by atoms with van der Waals surface area (Å²) in [6.45, 7) is 0. The van der Waals surface area contributed by atoms with Gasteiger partial charge in [-0.2, -0.15) is 0 Å². The lowest BCUT2D eigenvalue weighted by Gasteiger charge is -2.01. The van der Waals surface area contributed by atoms with Gasteiger partial charge < -0.3 is 15.2 Å². The number of nitrogens with one attached hydrogen (secondary N) is 1. The van der Waals surface area contributed by atoms with E-state index in [9.17, 15) is 9.90 Å². The van der Waals surface area contributed by atoms with Crippen molar-refractivity contribution in [3.63, 3.8) is 0 Å². The minimum atomic E-state index is -0.864. The molecule has 0 saturated heterocycles. The maximum absolute atomic E-state index is 10.5. The maximum atomic E-state index is 10.5. The fraction of sp³-hybridized carbons (Fsp3) is 0.167. The summed E-state index contributed by atoms with van der Waals surface area (Å²) in [5, 5.41) is 18.8. The van der Waals surface area contributed by atoms with Gasteiger partial charge in [-0.25, -0.2) is 4.98 Å². The molecule has 5 nitrogen and oxygen atoms in total. The summed E-state index contributed by atoms with van der Waals surface area (Å²) in [5.74, 6) is -0.328. The molecule has 0 aliphatic rings. The van der Waals surface area contributed by atoms with Gasteiger partial charge >= 0.3 is 5.97 Å². The fourth-order valence-corrected chi connectivity index (χ4v) is 1.73.